The molecule has 19 heavy (non-hydrogen) atoms. The van der Waals surface area contributed by atoms with E-state index in [1.165, 1.54) is 6.07 Å². The van der Waals surface area contributed by atoms with Crippen LogP contribution in [0.2, 0.25) is 0 Å². The fourth-order valence-corrected chi connectivity index (χ4v) is 5.29. The minimum absolute atomic E-state index is 0.0599. The Balaban J connectivity index is 2.16. The molecule has 1 saturated carbocycles. The van der Waals surface area contributed by atoms with Crippen LogP contribution in [0.25, 0.3) is 0 Å². The molecule has 0 spiro atoms. The quantitative estimate of drug-likeness (QED) is 0.741. The van der Waals surface area contributed by atoms with E-state index in [-0.39, 0.29) is 15.3 Å². The lowest BCUT2D eigenvalue weighted by atomic mass is 9.73. The van der Waals surface area contributed by atoms with Crippen molar-refractivity contribution in [2.24, 2.45) is 5.92 Å². The van der Waals surface area contributed by atoms with Gasteiger partial charge < -0.3 is 0 Å². The van der Waals surface area contributed by atoms with Gasteiger partial charge in [-0.3, -0.25) is 0 Å². The van der Waals surface area contributed by atoms with E-state index in [1.54, 1.807) is 25.1 Å². The summed E-state index contributed by atoms with van der Waals surface area (Å²) in [4.78, 5) is 0.130. The van der Waals surface area contributed by atoms with Crippen LogP contribution >= 0.6 is 0 Å². The monoisotopic (exact) mass is 283 g/mol. The maximum atomic E-state index is 14.6. The SMILES string of the molecule is CC1(C2CCCCC2)c2ccccc2S(=O)(=O)N1F. The molecule has 0 amide bonds. The summed E-state index contributed by atoms with van der Waals surface area (Å²) >= 11 is 0. The predicted octanol–water partition coefficient (Wildman–Crippen LogP) is 3.37. The number of hydrogen-bond donors (Lipinski definition) is 0. The summed E-state index contributed by atoms with van der Waals surface area (Å²) in [5, 5.41) is 0. The molecular weight excluding hydrogens is 265 g/mol. The predicted molar refractivity (Wildman–Crippen MR) is 70.5 cm³/mol. The molecular formula is C14H18FNO2S. The van der Waals surface area contributed by atoms with Gasteiger partial charge in [-0.25, -0.2) is 8.42 Å². The summed E-state index contributed by atoms with van der Waals surface area (Å²) in [6.45, 7) is 1.73. The van der Waals surface area contributed by atoms with Crippen molar-refractivity contribution in [3.8, 4) is 0 Å². The first-order chi connectivity index (χ1) is 8.99. The lowest BCUT2D eigenvalue weighted by Gasteiger charge is -2.38. The van der Waals surface area contributed by atoms with Crippen LogP contribution in [0.3, 0.4) is 0 Å². The highest BCUT2D eigenvalue weighted by Gasteiger charge is 2.55. The van der Waals surface area contributed by atoms with E-state index < -0.39 is 15.6 Å². The third kappa shape index (κ3) is 1.68. The Bertz CT molecular complexity index is 595. The molecule has 1 unspecified atom stereocenters. The number of nitrogens with zero attached hydrogens (tertiary/aromatic N) is 1. The second-order valence-corrected chi connectivity index (χ2v) is 7.41. The van der Waals surface area contributed by atoms with Crippen LogP contribution in [0.5, 0.6) is 0 Å². The number of rotatable bonds is 1. The fourth-order valence-electron chi connectivity index (χ4n) is 3.57. The van der Waals surface area contributed by atoms with Gasteiger partial charge in [0.05, 0.1) is 10.4 Å². The molecule has 104 valence electrons. The molecule has 0 N–H and O–H groups in total. The van der Waals surface area contributed by atoms with Gasteiger partial charge in [0.15, 0.2) is 0 Å². The van der Waals surface area contributed by atoms with E-state index in [0.717, 1.165) is 32.1 Å². The Morgan fingerprint density at radius 2 is 1.84 bits per heavy atom. The zero-order valence-corrected chi connectivity index (χ0v) is 11.8. The van der Waals surface area contributed by atoms with Crippen LogP contribution in [0.15, 0.2) is 29.2 Å². The topological polar surface area (TPSA) is 37.4 Å². The van der Waals surface area contributed by atoms with Gasteiger partial charge >= 0.3 is 0 Å². The first-order valence-corrected chi connectivity index (χ1v) is 8.24. The Morgan fingerprint density at radius 3 is 2.53 bits per heavy atom. The van der Waals surface area contributed by atoms with E-state index in [9.17, 15) is 12.9 Å². The molecule has 0 saturated heterocycles. The summed E-state index contributed by atoms with van der Waals surface area (Å²) in [5.41, 5.74) is -0.417. The van der Waals surface area contributed by atoms with Gasteiger partial charge in [0.2, 0.25) is 0 Å². The summed E-state index contributed by atoms with van der Waals surface area (Å²) in [6, 6.07) is 6.69. The van der Waals surface area contributed by atoms with Crippen molar-refractivity contribution in [3.63, 3.8) is 0 Å². The lowest BCUT2D eigenvalue weighted by Crippen LogP contribution is -2.43. The summed E-state index contributed by atoms with van der Waals surface area (Å²) < 4.78 is 39.1. The molecule has 2 aliphatic rings. The minimum Gasteiger partial charge on any atom is -0.204 e. The van der Waals surface area contributed by atoms with Crippen molar-refractivity contribution in [3.05, 3.63) is 29.8 Å². The van der Waals surface area contributed by atoms with Crippen LogP contribution in [0.4, 0.5) is 4.48 Å². The molecule has 1 aromatic rings. The van der Waals surface area contributed by atoms with Gasteiger partial charge in [-0.1, -0.05) is 37.5 Å². The number of halogens is 1. The standard InChI is InChI=1S/C14H18FNO2S/c1-14(11-7-3-2-4-8-11)12-9-5-6-10-13(12)19(17,18)16(14)15/h5-6,9-11H,2-4,7-8H2,1H3. The molecule has 1 heterocycles. The second kappa shape index (κ2) is 4.28. The van der Waals surface area contributed by atoms with Crippen molar-refractivity contribution in [1.29, 1.82) is 0 Å². The van der Waals surface area contributed by atoms with Crippen LogP contribution in [0.1, 0.15) is 44.6 Å². The first kappa shape index (κ1) is 13.1. The van der Waals surface area contributed by atoms with Gasteiger partial charge in [-0.05, 0) is 41.8 Å². The average molecular weight is 283 g/mol. The molecule has 3 rings (SSSR count). The van der Waals surface area contributed by atoms with Crippen LogP contribution < -0.4 is 0 Å². The molecule has 1 fully saturated rings. The maximum Gasteiger partial charge on any atom is 0.270 e. The molecule has 3 nitrogen and oxygen atoms in total. The van der Waals surface area contributed by atoms with E-state index >= 15 is 0 Å². The van der Waals surface area contributed by atoms with Crippen LogP contribution in [-0.4, -0.2) is 12.9 Å². The molecule has 1 atom stereocenters. The normalized spacial score (nSPS) is 31.3. The molecule has 1 aliphatic carbocycles. The summed E-state index contributed by atoms with van der Waals surface area (Å²) in [5.74, 6) is 0.0599. The Morgan fingerprint density at radius 1 is 1.21 bits per heavy atom. The lowest BCUT2D eigenvalue weighted by molar-refractivity contribution is -0.0272. The van der Waals surface area contributed by atoms with Gasteiger partial charge in [-0.2, -0.15) is 0 Å². The molecule has 0 bridgehead atoms. The highest BCUT2D eigenvalue weighted by atomic mass is 32.2. The number of hydrogen-bond acceptors (Lipinski definition) is 2. The van der Waals surface area contributed by atoms with Gasteiger partial charge in [0.25, 0.3) is 10.0 Å². The zero-order valence-electron chi connectivity index (χ0n) is 11.0. The Kier molecular flexibility index (Phi) is 2.94. The third-order valence-electron chi connectivity index (χ3n) is 4.69. The van der Waals surface area contributed by atoms with E-state index in [0.29, 0.717) is 5.56 Å². The van der Waals surface area contributed by atoms with Crippen LogP contribution in [-0.2, 0) is 15.6 Å². The first-order valence-electron chi connectivity index (χ1n) is 6.80. The van der Waals surface area contributed by atoms with Crippen molar-refractivity contribution in [1.82, 2.24) is 4.53 Å². The largest absolute Gasteiger partial charge is 0.270 e. The number of fused-ring (bicyclic) bond motifs is 1. The molecule has 0 radical (unpaired) electrons. The van der Waals surface area contributed by atoms with Crippen molar-refractivity contribution < 1.29 is 12.9 Å². The number of benzene rings is 1. The Labute approximate surface area is 113 Å². The van der Waals surface area contributed by atoms with Gasteiger partial charge in [-0.15, -0.1) is 4.48 Å². The van der Waals surface area contributed by atoms with E-state index in [2.05, 4.69) is 0 Å². The highest BCUT2D eigenvalue weighted by Crippen LogP contribution is 2.52. The summed E-state index contributed by atoms with van der Waals surface area (Å²) in [6.07, 6.45) is 5.04. The van der Waals surface area contributed by atoms with Crippen molar-refractivity contribution in [2.75, 3.05) is 0 Å². The molecule has 5 heteroatoms. The van der Waals surface area contributed by atoms with Crippen molar-refractivity contribution >= 4 is 10.0 Å². The van der Waals surface area contributed by atoms with Gasteiger partial charge in [0, 0.05) is 0 Å². The smallest absolute Gasteiger partial charge is 0.204 e. The molecule has 1 aliphatic heterocycles. The highest BCUT2D eigenvalue weighted by molar-refractivity contribution is 7.89. The fraction of sp³-hybridized carbons (Fsp3) is 0.571. The maximum absolute atomic E-state index is 14.6. The van der Waals surface area contributed by atoms with Crippen LogP contribution in [0, 0.1) is 5.92 Å². The Hall–Kier alpha value is -0.940. The average Bonchev–Trinajstić information content (AvgIpc) is 2.61. The van der Waals surface area contributed by atoms with Gasteiger partial charge in [0.1, 0.15) is 0 Å². The third-order valence-corrected chi connectivity index (χ3v) is 6.40. The van der Waals surface area contributed by atoms with Crippen molar-refractivity contribution in [2.45, 2.75) is 49.5 Å². The number of sulfonamides is 1. The molecule has 0 aromatic heterocycles. The minimum atomic E-state index is -3.97. The molecule has 1 aromatic carbocycles. The summed E-state index contributed by atoms with van der Waals surface area (Å²) in [7, 11) is -3.97. The zero-order chi connectivity index (χ0) is 13.7. The second-order valence-electron chi connectivity index (χ2n) is 5.70. The van der Waals surface area contributed by atoms with E-state index in [1.807, 2.05) is 0 Å². The van der Waals surface area contributed by atoms with E-state index in [4.69, 9.17) is 0 Å².